The number of hydrogen-bond donors (Lipinski definition) is 0. The van der Waals surface area contributed by atoms with Crippen LogP contribution in [0.25, 0.3) is 11.0 Å². The van der Waals surface area contributed by atoms with Crippen LogP contribution in [0.1, 0.15) is 32.9 Å². The Bertz CT molecular complexity index is 1150. The molecule has 0 amide bonds. The average molecular weight is 449 g/mol. The van der Waals surface area contributed by atoms with Crippen LogP contribution in [0.4, 0.5) is 0 Å². The van der Waals surface area contributed by atoms with E-state index in [9.17, 15) is 4.79 Å². The Morgan fingerprint density at radius 1 is 1.07 bits per heavy atom. The van der Waals surface area contributed by atoms with Gasteiger partial charge in [0.05, 0.1) is 5.69 Å². The van der Waals surface area contributed by atoms with E-state index in [4.69, 9.17) is 4.42 Å². The molecule has 4 nitrogen and oxygen atoms in total. The number of ketones is 1. The van der Waals surface area contributed by atoms with Gasteiger partial charge in [-0.3, -0.25) is 14.7 Å². The summed E-state index contributed by atoms with van der Waals surface area (Å²) in [6, 6.07) is 19.5. The van der Waals surface area contributed by atoms with Gasteiger partial charge in [-0.2, -0.15) is 0 Å². The molecule has 29 heavy (non-hydrogen) atoms. The van der Waals surface area contributed by atoms with Crippen molar-refractivity contribution in [1.29, 1.82) is 0 Å². The molecule has 0 atom stereocenters. The van der Waals surface area contributed by atoms with E-state index in [1.54, 1.807) is 12.1 Å². The molecule has 0 N–H and O–H groups in total. The third-order valence-electron chi connectivity index (χ3n) is 4.89. The van der Waals surface area contributed by atoms with E-state index >= 15 is 0 Å². The third kappa shape index (κ3) is 4.31. The molecule has 0 aliphatic heterocycles. The molecular weight excluding hydrogens is 428 g/mol. The van der Waals surface area contributed by atoms with Gasteiger partial charge in [-0.15, -0.1) is 0 Å². The molecule has 5 heteroatoms. The van der Waals surface area contributed by atoms with Gasteiger partial charge in [0.2, 0.25) is 5.78 Å². The third-order valence-corrected chi connectivity index (χ3v) is 5.42. The van der Waals surface area contributed by atoms with Gasteiger partial charge < -0.3 is 4.42 Å². The average Bonchev–Trinajstić information content (AvgIpc) is 3.17. The summed E-state index contributed by atoms with van der Waals surface area (Å²) >= 11 is 3.40. The smallest absolute Gasteiger partial charge is 0.228 e. The van der Waals surface area contributed by atoms with E-state index < -0.39 is 0 Å². The van der Waals surface area contributed by atoms with E-state index in [0.717, 1.165) is 27.7 Å². The standard InChI is InChI=1S/C24H21BrN2O2/c1-16-24-21(12-22(29-24)23(28)18-8-10-20(25)11-9-18)19(13-26-16)15-27(2)14-17-6-4-3-5-7-17/h3-13H,14-15H2,1-2H3. The highest BCUT2D eigenvalue weighted by atomic mass is 79.9. The summed E-state index contributed by atoms with van der Waals surface area (Å²) in [4.78, 5) is 19.6. The van der Waals surface area contributed by atoms with Crippen molar-refractivity contribution >= 4 is 32.7 Å². The van der Waals surface area contributed by atoms with E-state index in [-0.39, 0.29) is 5.78 Å². The van der Waals surface area contributed by atoms with Gasteiger partial charge in [0.25, 0.3) is 0 Å². The number of pyridine rings is 1. The van der Waals surface area contributed by atoms with Gasteiger partial charge in [0.1, 0.15) is 0 Å². The van der Waals surface area contributed by atoms with Crippen molar-refractivity contribution in [3.63, 3.8) is 0 Å². The summed E-state index contributed by atoms with van der Waals surface area (Å²) in [7, 11) is 2.08. The van der Waals surface area contributed by atoms with Crippen LogP contribution < -0.4 is 0 Å². The number of nitrogens with zero attached hydrogens (tertiary/aromatic N) is 2. The largest absolute Gasteiger partial charge is 0.451 e. The highest BCUT2D eigenvalue weighted by Crippen LogP contribution is 2.27. The number of aryl methyl sites for hydroxylation is 1. The number of fused-ring (bicyclic) bond motifs is 1. The molecule has 0 aliphatic carbocycles. The van der Waals surface area contributed by atoms with Crippen LogP contribution >= 0.6 is 15.9 Å². The fraction of sp³-hybridized carbons (Fsp3) is 0.167. The van der Waals surface area contributed by atoms with Crippen LogP contribution in [0.15, 0.2) is 75.8 Å². The molecular formula is C24H21BrN2O2. The van der Waals surface area contributed by atoms with E-state index in [2.05, 4.69) is 45.0 Å². The number of benzene rings is 2. The summed E-state index contributed by atoms with van der Waals surface area (Å²) in [6.45, 7) is 3.44. The molecule has 0 spiro atoms. The minimum Gasteiger partial charge on any atom is -0.451 e. The molecule has 0 aliphatic rings. The summed E-state index contributed by atoms with van der Waals surface area (Å²) in [6.07, 6.45) is 1.88. The fourth-order valence-corrected chi connectivity index (χ4v) is 3.69. The molecule has 4 rings (SSSR count). The van der Waals surface area contributed by atoms with E-state index in [0.29, 0.717) is 23.5 Å². The molecule has 2 aromatic carbocycles. The van der Waals surface area contributed by atoms with Crippen molar-refractivity contribution in [3.05, 3.63) is 99.5 Å². The van der Waals surface area contributed by atoms with Crippen molar-refractivity contribution in [3.8, 4) is 0 Å². The predicted molar refractivity (Wildman–Crippen MR) is 118 cm³/mol. The van der Waals surface area contributed by atoms with Crippen LogP contribution in [0.2, 0.25) is 0 Å². The number of furan rings is 1. The first-order chi connectivity index (χ1) is 14.0. The van der Waals surface area contributed by atoms with Gasteiger partial charge in [0, 0.05) is 34.7 Å². The van der Waals surface area contributed by atoms with Gasteiger partial charge in [-0.25, -0.2) is 0 Å². The Hall–Kier alpha value is -2.76. The fourth-order valence-electron chi connectivity index (χ4n) is 3.42. The summed E-state index contributed by atoms with van der Waals surface area (Å²) in [5.41, 5.74) is 4.35. The summed E-state index contributed by atoms with van der Waals surface area (Å²) in [5, 5.41) is 0.942. The second-order valence-corrected chi connectivity index (χ2v) is 8.13. The summed E-state index contributed by atoms with van der Waals surface area (Å²) < 4.78 is 6.88. The molecule has 0 saturated heterocycles. The predicted octanol–water partition coefficient (Wildman–Crippen LogP) is 5.76. The minimum absolute atomic E-state index is 0.128. The van der Waals surface area contributed by atoms with E-state index in [1.807, 2.05) is 49.5 Å². The normalized spacial score (nSPS) is 11.3. The lowest BCUT2D eigenvalue weighted by Gasteiger charge is -2.17. The van der Waals surface area contributed by atoms with Crippen LogP contribution in [0, 0.1) is 6.92 Å². The zero-order valence-corrected chi connectivity index (χ0v) is 17.9. The first-order valence-corrected chi connectivity index (χ1v) is 10.2. The zero-order valence-electron chi connectivity index (χ0n) is 16.4. The topological polar surface area (TPSA) is 46.3 Å². The van der Waals surface area contributed by atoms with Crippen molar-refractivity contribution in [2.75, 3.05) is 7.05 Å². The maximum Gasteiger partial charge on any atom is 0.228 e. The molecule has 2 aromatic heterocycles. The number of rotatable bonds is 6. The molecule has 0 fully saturated rings. The Labute approximate surface area is 178 Å². The van der Waals surface area contributed by atoms with Crippen LogP contribution in [-0.4, -0.2) is 22.7 Å². The van der Waals surface area contributed by atoms with Gasteiger partial charge in [0.15, 0.2) is 11.3 Å². The Morgan fingerprint density at radius 2 is 1.79 bits per heavy atom. The van der Waals surface area contributed by atoms with Crippen molar-refractivity contribution in [2.24, 2.45) is 0 Å². The number of hydrogen-bond acceptors (Lipinski definition) is 4. The lowest BCUT2D eigenvalue weighted by Crippen LogP contribution is -2.17. The Morgan fingerprint density at radius 3 is 2.52 bits per heavy atom. The monoisotopic (exact) mass is 448 g/mol. The molecule has 2 heterocycles. The van der Waals surface area contributed by atoms with Gasteiger partial charge >= 0.3 is 0 Å². The molecule has 0 unspecified atom stereocenters. The van der Waals surface area contributed by atoms with Crippen LogP contribution in [0.5, 0.6) is 0 Å². The van der Waals surface area contributed by atoms with E-state index in [1.165, 1.54) is 5.56 Å². The molecule has 146 valence electrons. The number of aromatic nitrogens is 1. The maximum atomic E-state index is 12.9. The second kappa shape index (κ2) is 8.31. The minimum atomic E-state index is -0.128. The zero-order chi connectivity index (χ0) is 20.4. The first kappa shape index (κ1) is 19.6. The van der Waals surface area contributed by atoms with Crippen molar-refractivity contribution in [2.45, 2.75) is 20.0 Å². The van der Waals surface area contributed by atoms with Crippen LogP contribution in [-0.2, 0) is 13.1 Å². The Balaban J connectivity index is 1.63. The summed E-state index contributed by atoms with van der Waals surface area (Å²) in [5.74, 6) is 0.210. The van der Waals surface area contributed by atoms with Gasteiger partial charge in [-0.05, 0) is 55.4 Å². The first-order valence-electron chi connectivity index (χ1n) is 9.42. The van der Waals surface area contributed by atoms with Crippen molar-refractivity contribution in [1.82, 2.24) is 9.88 Å². The molecule has 0 saturated carbocycles. The Kier molecular flexibility index (Phi) is 5.60. The van der Waals surface area contributed by atoms with Gasteiger partial charge in [-0.1, -0.05) is 46.3 Å². The maximum absolute atomic E-state index is 12.9. The van der Waals surface area contributed by atoms with Crippen molar-refractivity contribution < 1.29 is 9.21 Å². The molecule has 4 aromatic rings. The molecule has 0 radical (unpaired) electrons. The number of carbonyl (C=O) groups is 1. The highest BCUT2D eigenvalue weighted by Gasteiger charge is 2.18. The quantitative estimate of drug-likeness (QED) is 0.351. The molecule has 0 bridgehead atoms. The number of halogens is 1. The number of carbonyl (C=O) groups excluding carboxylic acids is 1. The SMILES string of the molecule is Cc1ncc(CN(C)Cc2ccccc2)c2cc(C(=O)c3ccc(Br)cc3)oc12. The highest BCUT2D eigenvalue weighted by molar-refractivity contribution is 9.10. The lowest BCUT2D eigenvalue weighted by molar-refractivity contribution is 0.101. The lowest BCUT2D eigenvalue weighted by atomic mass is 10.1. The second-order valence-electron chi connectivity index (χ2n) is 7.22. The van der Waals surface area contributed by atoms with Crippen LogP contribution in [0.3, 0.4) is 0 Å².